The predicted molar refractivity (Wildman–Crippen MR) is 208 cm³/mol. The molecule has 0 bridgehead atoms. The van der Waals surface area contributed by atoms with Gasteiger partial charge in [-0.25, -0.2) is 9.59 Å². The van der Waals surface area contributed by atoms with E-state index < -0.39 is 23.8 Å². The highest BCUT2D eigenvalue weighted by Gasteiger charge is 2.24. The number of benzene rings is 4. The van der Waals surface area contributed by atoms with Crippen LogP contribution < -0.4 is 0 Å². The fraction of sp³-hybridized carbons (Fsp3) is 0.273. The maximum absolute atomic E-state index is 13.5. The molecule has 6 aromatic rings. The Labute approximate surface area is 318 Å². The lowest BCUT2D eigenvalue weighted by molar-refractivity contribution is -0.152. The van der Waals surface area contributed by atoms with Crippen molar-refractivity contribution in [3.05, 3.63) is 120 Å². The number of rotatable bonds is 18. The van der Waals surface area contributed by atoms with Crippen LogP contribution in [0.1, 0.15) is 48.9 Å². The minimum absolute atomic E-state index is 0.0438. The van der Waals surface area contributed by atoms with Gasteiger partial charge in [-0.15, -0.1) is 0 Å². The van der Waals surface area contributed by atoms with Crippen LogP contribution in [0.5, 0.6) is 0 Å². The molecule has 2 heterocycles. The molecular weight excluding hydrogens is 702 g/mol. The third-order valence-electron chi connectivity index (χ3n) is 9.48. The molecule has 0 spiro atoms. The standard InChI is InChI=1S/C44H43NO10/c1-5-41(46)50-24-28-9-14-37-33(19-28)35-21-30(11-16-39(35)54-37)26-52-43(48)18-13-32(23-45(7-3)8-4)44(49)53-27-31-12-17-40-36(22-31)34-20-29(10-15-38(34)55-40)25-51-42(47)6-2/h5-6,9-12,14-17,19-22,32H,1-2,7-8,13,18,23-27H2,3-4H3. The van der Waals surface area contributed by atoms with Gasteiger partial charge in [0.25, 0.3) is 0 Å². The molecule has 0 saturated heterocycles. The molecule has 0 aliphatic heterocycles. The second kappa shape index (κ2) is 17.7. The van der Waals surface area contributed by atoms with Crippen LogP contribution in [0.25, 0.3) is 43.9 Å². The Bertz CT molecular complexity index is 2380. The minimum Gasteiger partial charge on any atom is -0.461 e. The Morgan fingerprint density at radius 3 is 1.36 bits per heavy atom. The highest BCUT2D eigenvalue weighted by molar-refractivity contribution is 6.06. The van der Waals surface area contributed by atoms with E-state index in [1.165, 1.54) is 0 Å². The quantitative estimate of drug-likeness (QED) is 0.0476. The first-order chi connectivity index (χ1) is 26.7. The molecule has 0 aliphatic rings. The Balaban J connectivity index is 1.07. The van der Waals surface area contributed by atoms with Crippen molar-refractivity contribution >= 4 is 67.8 Å². The summed E-state index contributed by atoms with van der Waals surface area (Å²) in [6.45, 7) is 13.1. The van der Waals surface area contributed by atoms with Crippen LogP contribution in [0.2, 0.25) is 0 Å². The van der Waals surface area contributed by atoms with Crippen molar-refractivity contribution in [2.24, 2.45) is 5.92 Å². The van der Waals surface area contributed by atoms with E-state index in [0.29, 0.717) is 28.9 Å². The average molecular weight is 746 g/mol. The average Bonchev–Trinajstić information content (AvgIpc) is 3.77. The second-order valence-corrected chi connectivity index (χ2v) is 13.1. The maximum Gasteiger partial charge on any atom is 0.330 e. The van der Waals surface area contributed by atoms with Gasteiger partial charge in [0, 0.05) is 46.7 Å². The van der Waals surface area contributed by atoms with Crippen LogP contribution in [0.3, 0.4) is 0 Å². The summed E-state index contributed by atoms with van der Waals surface area (Å²) in [5.41, 5.74) is 5.89. The third kappa shape index (κ3) is 9.49. The van der Waals surface area contributed by atoms with Gasteiger partial charge in [-0.2, -0.15) is 0 Å². The molecule has 4 aromatic carbocycles. The fourth-order valence-corrected chi connectivity index (χ4v) is 6.41. The molecule has 11 nitrogen and oxygen atoms in total. The number of ether oxygens (including phenoxy) is 4. The highest BCUT2D eigenvalue weighted by Crippen LogP contribution is 2.32. The van der Waals surface area contributed by atoms with Crippen molar-refractivity contribution in [3.8, 4) is 0 Å². The Morgan fingerprint density at radius 2 is 0.982 bits per heavy atom. The number of nitrogens with zero attached hydrogens (tertiary/aromatic N) is 1. The summed E-state index contributed by atoms with van der Waals surface area (Å²) < 4.78 is 33.8. The van der Waals surface area contributed by atoms with Crippen LogP contribution in [0, 0.1) is 5.92 Å². The zero-order chi connectivity index (χ0) is 38.9. The largest absolute Gasteiger partial charge is 0.461 e. The smallest absolute Gasteiger partial charge is 0.330 e. The van der Waals surface area contributed by atoms with E-state index in [2.05, 4.69) is 18.1 Å². The normalized spacial score (nSPS) is 11.9. The summed E-state index contributed by atoms with van der Waals surface area (Å²) in [6, 6.07) is 22.4. The Morgan fingerprint density at radius 1 is 0.600 bits per heavy atom. The first-order valence-electron chi connectivity index (χ1n) is 18.2. The van der Waals surface area contributed by atoms with Gasteiger partial charge in [0.2, 0.25) is 0 Å². The number of esters is 4. The van der Waals surface area contributed by atoms with Crippen LogP contribution in [0.15, 0.2) is 107 Å². The fourth-order valence-electron chi connectivity index (χ4n) is 6.41. The van der Waals surface area contributed by atoms with E-state index >= 15 is 0 Å². The molecule has 55 heavy (non-hydrogen) atoms. The number of carbonyl (C=O) groups excluding carboxylic acids is 4. The van der Waals surface area contributed by atoms with Crippen molar-refractivity contribution in [2.45, 2.75) is 53.1 Å². The van der Waals surface area contributed by atoms with Gasteiger partial charge >= 0.3 is 23.9 Å². The first-order valence-corrected chi connectivity index (χ1v) is 18.2. The molecular formula is C44H43NO10. The van der Waals surface area contributed by atoms with Crippen LogP contribution in [-0.2, 0) is 64.6 Å². The molecule has 0 fully saturated rings. The molecule has 1 unspecified atom stereocenters. The number of carbonyl (C=O) groups is 4. The van der Waals surface area contributed by atoms with E-state index in [1.54, 1.807) is 0 Å². The maximum atomic E-state index is 13.5. The zero-order valence-corrected chi connectivity index (χ0v) is 31.0. The van der Waals surface area contributed by atoms with Crippen LogP contribution in [-0.4, -0.2) is 48.4 Å². The van der Waals surface area contributed by atoms with E-state index in [4.69, 9.17) is 27.8 Å². The topological polar surface area (TPSA) is 135 Å². The van der Waals surface area contributed by atoms with Crippen LogP contribution in [0.4, 0.5) is 0 Å². The SMILES string of the molecule is C=CC(=O)OCc1ccc2oc3ccc(COC(=O)CCC(CN(CC)CC)C(=O)OCc4ccc5oc6ccc(COC(=O)C=C)cc6c5c4)cc3c2c1. The van der Waals surface area contributed by atoms with Crippen molar-refractivity contribution in [2.75, 3.05) is 19.6 Å². The van der Waals surface area contributed by atoms with Crippen LogP contribution >= 0.6 is 0 Å². The van der Waals surface area contributed by atoms with Crippen molar-refractivity contribution < 1.29 is 47.0 Å². The van der Waals surface area contributed by atoms with Gasteiger partial charge in [0.05, 0.1) is 5.92 Å². The summed E-state index contributed by atoms with van der Waals surface area (Å²) >= 11 is 0. The summed E-state index contributed by atoms with van der Waals surface area (Å²) in [7, 11) is 0. The molecule has 0 saturated carbocycles. The summed E-state index contributed by atoms with van der Waals surface area (Å²) in [4.78, 5) is 51.7. The molecule has 2 aromatic heterocycles. The lowest BCUT2D eigenvalue weighted by Crippen LogP contribution is -2.34. The number of hydrogen-bond donors (Lipinski definition) is 0. The molecule has 0 N–H and O–H groups in total. The number of furan rings is 2. The summed E-state index contributed by atoms with van der Waals surface area (Å²) in [5.74, 6) is -2.35. The number of hydrogen-bond acceptors (Lipinski definition) is 11. The van der Waals surface area contributed by atoms with E-state index in [1.807, 2.05) is 86.6 Å². The minimum atomic E-state index is -0.541. The van der Waals surface area contributed by atoms with Gasteiger partial charge < -0.3 is 32.7 Å². The molecule has 6 rings (SSSR count). The van der Waals surface area contributed by atoms with Crippen molar-refractivity contribution in [1.29, 1.82) is 0 Å². The monoisotopic (exact) mass is 745 g/mol. The molecule has 0 amide bonds. The van der Waals surface area contributed by atoms with E-state index in [0.717, 1.165) is 69.0 Å². The highest BCUT2D eigenvalue weighted by atomic mass is 16.5. The number of fused-ring (bicyclic) bond motifs is 6. The van der Waals surface area contributed by atoms with E-state index in [9.17, 15) is 19.2 Å². The second-order valence-electron chi connectivity index (χ2n) is 13.1. The predicted octanol–water partition coefficient (Wildman–Crippen LogP) is 8.47. The van der Waals surface area contributed by atoms with Gasteiger partial charge in [-0.05, 0) is 90.3 Å². The first kappa shape index (κ1) is 38.5. The molecule has 1 atom stereocenters. The van der Waals surface area contributed by atoms with E-state index in [-0.39, 0.29) is 45.2 Å². The van der Waals surface area contributed by atoms with Crippen molar-refractivity contribution in [1.82, 2.24) is 4.90 Å². The molecule has 284 valence electrons. The Kier molecular flexibility index (Phi) is 12.4. The Hall–Kier alpha value is -6.20. The lowest BCUT2D eigenvalue weighted by atomic mass is 10.0. The lowest BCUT2D eigenvalue weighted by Gasteiger charge is -2.24. The third-order valence-corrected chi connectivity index (χ3v) is 9.48. The summed E-state index contributed by atoms with van der Waals surface area (Å²) in [5, 5.41) is 3.39. The molecule has 0 radical (unpaired) electrons. The van der Waals surface area contributed by atoms with Gasteiger partial charge in [-0.1, -0.05) is 51.3 Å². The zero-order valence-electron chi connectivity index (χ0n) is 31.0. The van der Waals surface area contributed by atoms with Gasteiger partial charge in [-0.3, -0.25) is 9.59 Å². The molecule has 0 aliphatic carbocycles. The summed E-state index contributed by atoms with van der Waals surface area (Å²) in [6.07, 6.45) is 2.55. The molecule has 11 heteroatoms. The van der Waals surface area contributed by atoms with Gasteiger partial charge in [0.15, 0.2) is 0 Å². The van der Waals surface area contributed by atoms with Crippen molar-refractivity contribution in [3.63, 3.8) is 0 Å². The van der Waals surface area contributed by atoms with Gasteiger partial charge in [0.1, 0.15) is 48.8 Å².